The topological polar surface area (TPSA) is 26.3 Å². The van der Waals surface area contributed by atoms with E-state index in [0.717, 1.165) is 28.9 Å². The molecule has 0 saturated heterocycles. The van der Waals surface area contributed by atoms with Gasteiger partial charge < -0.3 is 4.74 Å². The van der Waals surface area contributed by atoms with E-state index in [2.05, 4.69) is 47.8 Å². The summed E-state index contributed by atoms with van der Waals surface area (Å²) in [4.78, 5) is 13.0. The number of hydrogen-bond acceptors (Lipinski definition) is 3. The molecule has 0 unspecified atom stereocenters. The first-order valence-corrected chi connectivity index (χ1v) is 8.51. The lowest BCUT2D eigenvalue weighted by atomic mass is 10.1. The minimum Gasteiger partial charge on any atom is -0.497 e. The number of benzene rings is 1. The molecule has 0 atom stereocenters. The lowest BCUT2D eigenvalue weighted by Crippen LogP contribution is -2.02. The zero-order valence-corrected chi connectivity index (χ0v) is 15.4. The van der Waals surface area contributed by atoms with Crippen LogP contribution in [0.15, 0.2) is 37.0 Å². The van der Waals surface area contributed by atoms with Crippen molar-refractivity contribution in [3.63, 3.8) is 0 Å². The highest BCUT2D eigenvalue weighted by Gasteiger charge is 2.14. The van der Waals surface area contributed by atoms with Gasteiger partial charge in [0.1, 0.15) is 5.75 Å². The Kier molecular flexibility index (Phi) is 5.22. The van der Waals surface area contributed by atoms with E-state index in [-0.39, 0.29) is 5.78 Å². The van der Waals surface area contributed by atoms with Crippen molar-refractivity contribution in [1.82, 2.24) is 0 Å². The highest BCUT2D eigenvalue weighted by molar-refractivity contribution is 9.13. The van der Waals surface area contributed by atoms with Gasteiger partial charge in [-0.2, -0.15) is 0 Å². The van der Waals surface area contributed by atoms with Crippen LogP contribution in [0.3, 0.4) is 0 Å². The van der Waals surface area contributed by atoms with Crippen molar-refractivity contribution in [3.05, 3.63) is 47.4 Å². The molecular formula is C13H9Br3O2S. The van der Waals surface area contributed by atoms with Crippen molar-refractivity contribution in [2.75, 3.05) is 7.11 Å². The number of ether oxygens (including phenoxy) is 1. The van der Waals surface area contributed by atoms with Crippen molar-refractivity contribution in [1.29, 1.82) is 0 Å². The lowest BCUT2D eigenvalue weighted by molar-refractivity contribution is 0.0996. The summed E-state index contributed by atoms with van der Waals surface area (Å²) in [5.74, 6) is 0.838. The Morgan fingerprint density at radius 2 is 1.95 bits per heavy atom. The predicted octanol–water partition coefficient (Wildman–Crippen LogP) is 5.47. The highest BCUT2D eigenvalue weighted by atomic mass is 79.9. The molecule has 6 heteroatoms. The van der Waals surface area contributed by atoms with Gasteiger partial charge >= 0.3 is 0 Å². The third-order valence-electron chi connectivity index (χ3n) is 2.52. The quantitative estimate of drug-likeness (QED) is 0.556. The Balaban J connectivity index is 2.23. The standard InChI is InChI=1S/C13H9Br3O2S/c1-18-8-2-3-9(14)7(4-8)5-11(17)12-6-10(15)13(16)19-12/h2-4,6H,5H2,1H3. The molecule has 0 bridgehead atoms. The molecule has 1 heterocycles. The molecule has 0 radical (unpaired) electrons. The summed E-state index contributed by atoms with van der Waals surface area (Å²) < 4.78 is 7.93. The molecule has 2 nitrogen and oxygen atoms in total. The summed E-state index contributed by atoms with van der Waals surface area (Å²) in [7, 11) is 1.61. The molecule has 0 saturated carbocycles. The number of methoxy groups -OCH3 is 1. The zero-order valence-electron chi connectivity index (χ0n) is 9.88. The second-order valence-corrected chi connectivity index (χ2v) is 7.87. The molecule has 1 aromatic carbocycles. The number of rotatable bonds is 4. The smallest absolute Gasteiger partial charge is 0.177 e. The van der Waals surface area contributed by atoms with E-state index in [4.69, 9.17) is 4.74 Å². The van der Waals surface area contributed by atoms with Gasteiger partial charge in [-0.1, -0.05) is 15.9 Å². The van der Waals surface area contributed by atoms with Crippen molar-refractivity contribution in [2.45, 2.75) is 6.42 Å². The van der Waals surface area contributed by atoms with Crippen molar-refractivity contribution in [3.8, 4) is 5.75 Å². The second kappa shape index (κ2) is 6.52. The van der Waals surface area contributed by atoms with Crippen LogP contribution < -0.4 is 4.74 Å². The number of ketones is 1. The van der Waals surface area contributed by atoms with Crippen molar-refractivity contribution < 1.29 is 9.53 Å². The van der Waals surface area contributed by atoms with Crippen LogP contribution in [-0.4, -0.2) is 12.9 Å². The number of thiophene rings is 1. The Morgan fingerprint density at radius 1 is 1.21 bits per heavy atom. The van der Waals surface area contributed by atoms with E-state index in [0.29, 0.717) is 6.42 Å². The van der Waals surface area contributed by atoms with Crippen LogP contribution in [0, 0.1) is 0 Å². The van der Waals surface area contributed by atoms with Crippen LogP contribution in [0.4, 0.5) is 0 Å². The molecule has 0 N–H and O–H groups in total. The molecule has 2 rings (SSSR count). The molecule has 0 aliphatic rings. The molecular weight excluding hydrogens is 460 g/mol. The summed E-state index contributed by atoms with van der Waals surface area (Å²) in [6.07, 6.45) is 0.344. The van der Waals surface area contributed by atoms with E-state index < -0.39 is 0 Å². The third kappa shape index (κ3) is 3.68. The summed E-state index contributed by atoms with van der Waals surface area (Å²) in [6.45, 7) is 0. The van der Waals surface area contributed by atoms with Crippen LogP contribution in [0.1, 0.15) is 15.2 Å². The van der Waals surface area contributed by atoms with Crippen LogP contribution in [-0.2, 0) is 6.42 Å². The summed E-state index contributed by atoms with van der Waals surface area (Å²) in [5.41, 5.74) is 0.921. The molecule has 19 heavy (non-hydrogen) atoms. The van der Waals surface area contributed by atoms with Gasteiger partial charge in [0.15, 0.2) is 5.78 Å². The molecule has 0 spiro atoms. The summed E-state index contributed by atoms with van der Waals surface area (Å²) in [6, 6.07) is 7.46. The average molecular weight is 469 g/mol. The maximum atomic E-state index is 12.2. The number of hydrogen-bond donors (Lipinski definition) is 0. The fourth-order valence-corrected chi connectivity index (χ4v) is 3.92. The van der Waals surface area contributed by atoms with Gasteiger partial charge in [-0.25, -0.2) is 0 Å². The predicted molar refractivity (Wildman–Crippen MR) is 88.4 cm³/mol. The fraction of sp³-hybridized carbons (Fsp3) is 0.154. The monoisotopic (exact) mass is 466 g/mol. The number of Topliss-reactive ketones (excluding diaryl/α,β-unsaturated/α-hetero) is 1. The Morgan fingerprint density at radius 3 is 2.53 bits per heavy atom. The first kappa shape index (κ1) is 15.2. The van der Waals surface area contributed by atoms with Gasteiger partial charge in [-0.3, -0.25) is 4.79 Å². The van der Waals surface area contributed by atoms with E-state index in [1.54, 1.807) is 7.11 Å². The van der Waals surface area contributed by atoms with Gasteiger partial charge in [0.2, 0.25) is 0 Å². The number of carbonyl (C=O) groups is 1. The SMILES string of the molecule is COc1ccc(Br)c(CC(=O)c2cc(Br)c(Br)s2)c1. The third-order valence-corrected chi connectivity index (χ3v) is 6.59. The van der Waals surface area contributed by atoms with Gasteiger partial charge in [0.05, 0.1) is 15.8 Å². The van der Waals surface area contributed by atoms with Crippen LogP contribution >= 0.6 is 59.1 Å². The average Bonchev–Trinajstić information content (AvgIpc) is 2.72. The van der Waals surface area contributed by atoms with E-state index in [1.807, 2.05) is 24.3 Å². The first-order chi connectivity index (χ1) is 9.01. The fourth-order valence-electron chi connectivity index (χ4n) is 1.56. The van der Waals surface area contributed by atoms with Crippen molar-refractivity contribution in [2.24, 2.45) is 0 Å². The van der Waals surface area contributed by atoms with E-state index >= 15 is 0 Å². The summed E-state index contributed by atoms with van der Waals surface area (Å²) in [5, 5.41) is 0. The molecule has 2 aromatic rings. The second-order valence-electron chi connectivity index (χ2n) is 3.79. The lowest BCUT2D eigenvalue weighted by Gasteiger charge is -2.06. The molecule has 0 fully saturated rings. The minimum absolute atomic E-state index is 0.0883. The maximum absolute atomic E-state index is 12.2. The van der Waals surface area contributed by atoms with Gasteiger partial charge in [-0.05, 0) is 61.7 Å². The maximum Gasteiger partial charge on any atom is 0.177 e. The van der Waals surface area contributed by atoms with Gasteiger partial charge in [-0.15, -0.1) is 11.3 Å². The largest absolute Gasteiger partial charge is 0.497 e. The Bertz CT molecular complexity index is 603. The van der Waals surface area contributed by atoms with E-state index in [9.17, 15) is 4.79 Å². The van der Waals surface area contributed by atoms with Gasteiger partial charge in [0, 0.05) is 15.4 Å². The first-order valence-electron chi connectivity index (χ1n) is 5.31. The molecule has 100 valence electrons. The molecule has 0 aliphatic heterocycles. The van der Waals surface area contributed by atoms with Crippen LogP contribution in [0.2, 0.25) is 0 Å². The van der Waals surface area contributed by atoms with Crippen molar-refractivity contribution >= 4 is 64.9 Å². The van der Waals surface area contributed by atoms with Gasteiger partial charge in [0.25, 0.3) is 0 Å². The Labute approximate surface area is 140 Å². The number of carbonyl (C=O) groups excluding carboxylic acids is 1. The Hall–Kier alpha value is -0.170. The molecule has 1 aromatic heterocycles. The minimum atomic E-state index is 0.0883. The van der Waals surface area contributed by atoms with Crippen LogP contribution in [0.5, 0.6) is 5.75 Å². The number of halogens is 3. The molecule has 0 amide bonds. The van der Waals surface area contributed by atoms with Crippen LogP contribution in [0.25, 0.3) is 0 Å². The molecule has 0 aliphatic carbocycles. The summed E-state index contributed by atoms with van der Waals surface area (Å²) >= 11 is 11.7. The highest BCUT2D eigenvalue weighted by Crippen LogP contribution is 2.33. The normalized spacial score (nSPS) is 10.5. The zero-order chi connectivity index (χ0) is 14.0. The van der Waals surface area contributed by atoms with E-state index in [1.165, 1.54) is 11.3 Å².